The lowest BCUT2D eigenvalue weighted by Gasteiger charge is -2.14. The van der Waals surface area contributed by atoms with Gasteiger partial charge in [-0.25, -0.2) is 8.42 Å². The van der Waals surface area contributed by atoms with Crippen molar-refractivity contribution in [2.24, 2.45) is 5.73 Å². The molecule has 18 heavy (non-hydrogen) atoms. The van der Waals surface area contributed by atoms with E-state index in [1.165, 1.54) is 13.0 Å². The Morgan fingerprint density at radius 3 is 2.39 bits per heavy atom. The van der Waals surface area contributed by atoms with E-state index < -0.39 is 22.0 Å². The van der Waals surface area contributed by atoms with Crippen LogP contribution in [-0.2, 0) is 14.8 Å². The fraction of sp³-hybridized carbons (Fsp3) is 0.364. The van der Waals surface area contributed by atoms with E-state index in [1.54, 1.807) is 19.9 Å². The molecule has 1 amide bonds. The van der Waals surface area contributed by atoms with Crippen LogP contribution >= 0.6 is 0 Å². The molecule has 1 rings (SSSR count). The van der Waals surface area contributed by atoms with Crippen molar-refractivity contribution >= 4 is 21.6 Å². The maximum absolute atomic E-state index is 12.1. The molecule has 0 fully saturated rings. The second-order valence-electron chi connectivity index (χ2n) is 4.22. The third kappa shape index (κ3) is 2.99. The van der Waals surface area contributed by atoms with Gasteiger partial charge in [-0.15, -0.1) is 0 Å². The van der Waals surface area contributed by atoms with E-state index in [0.29, 0.717) is 11.3 Å². The fourth-order valence-electron chi connectivity index (χ4n) is 1.49. The number of primary amides is 1. The molecule has 0 aliphatic heterocycles. The summed E-state index contributed by atoms with van der Waals surface area (Å²) in [6.45, 7) is 4.74. The van der Waals surface area contributed by atoms with Gasteiger partial charge in [0.2, 0.25) is 15.9 Å². The molecular formula is C11H17N3O3S. The van der Waals surface area contributed by atoms with Crippen molar-refractivity contribution < 1.29 is 13.2 Å². The molecule has 0 heterocycles. The van der Waals surface area contributed by atoms with Gasteiger partial charge in [0, 0.05) is 5.69 Å². The number of carbonyl (C=O) groups excluding carboxylic acids is 1. The van der Waals surface area contributed by atoms with Crippen molar-refractivity contribution in [3.05, 3.63) is 23.3 Å². The minimum atomic E-state index is -3.81. The number of sulfonamides is 1. The number of anilines is 1. The Hall–Kier alpha value is -1.60. The summed E-state index contributed by atoms with van der Waals surface area (Å²) in [5, 5.41) is 0. The molecule has 100 valence electrons. The molecule has 1 aromatic rings. The quantitative estimate of drug-likeness (QED) is 0.670. The average Bonchev–Trinajstić information content (AvgIpc) is 2.22. The number of rotatable bonds is 4. The van der Waals surface area contributed by atoms with Gasteiger partial charge in [-0.05, 0) is 44.0 Å². The summed E-state index contributed by atoms with van der Waals surface area (Å²) < 4.78 is 26.4. The molecule has 5 N–H and O–H groups in total. The molecule has 0 aliphatic carbocycles. The molecule has 0 saturated carbocycles. The molecule has 0 aromatic heterocycles. The van der Waals surface area contributed by atoms with E-state index in [-0.39, 0.29) is 4.90 Å². The minimum absolute atomic E-state index is 0.0631. The number of hydrogen-bond donors (Lipinski definition) is 3. The van der Waals surface area contributed by atoms with Gasteiger partial charge in [-0.2, -0.15) is 4.72 Å². The topological polar surface area (TPSA) is 115 Å². The molecule has 0 spiro atoms. The number of carbonyl (C=O) groups is 1. The van der Waals surface area contributed by atoms with Crippen LogP contribution in [0.15, 0.2) is 17.0 Å². The van der Waals surface area contributed by atoms with Crippen LogP contribution in [0.25, 0.3) is 0 Å². The highest BCUT2D eigenvalue weighted by Crippen LogP contribution is 2.23. The molecule has 0 bridgehead atoms. The van der Waals surface area contributed by atoms with E-state index in [4.69, 9.17) is 11.5 Å². The molecular weight excluding hydrogens is 254 g/mol. The number of benzene rings is 1. The van der Waals surface area contributed by atoms with Crippen LogP contribution in [-0.4, -0.2) is 20.4 Å². The van der Waals surface area contributed by atoms with Crippen LogP contribution in [0, 0.1) is 13.8 Å². The van der Waals surface area contributed by atoms with Crippen LogP contribution < -0.4 is 16.2 Å². The van der Waals surface area contributed by atoms with E-state index >= 15 is 0 Å². The van der Waals surface area contributed by atoms with Crippen molar-refractivity contribution in [2.75, 3.05) is 5.73 Å². The first-order chi connectivity index (χ1) is 8.15. The van der Waals surface area contributed by atoms with Crippen LogP contribution in [0.4, 0.5) is 5.69 Å². The number of aryl methyl sites for hydroxylation is 1. The van der Waals surface area contributed by atoms with Crippen molar-refractivity contribution in [1.82, 2.24) is 4.72 Å². The smallest absolute Gasteiger partial charge is 0.241 e. The fourth-order valence-corrected chi connectivity index (χ4v) is 3.06. The summed E-state index contributed by atoms with van der Waals surface area (Å²) in [5.41, 5.74) is 12.3. The van der Waals surface area contributed by atoms with Crippen LogP contribution in [0.2, 0.25) is 0 Å². The van der Waals surface area contributed by atoms with Crippen molar-refractivity contribution in [3.8, 4) is 0 Å². The van der Waals surface area contributed by atoms with Crippen LogP contribution in [0.5, 0.6) is 0 Å². The zero-order valence-corrected chi connectivity index (χ0v) is 11.3. The predicted octanol–water partition coefficient (Wildman–Crippen LogP) is 0.0377. The van der Waals surface area contributed by atoms with Gasteiger partial charge in [0.1, 0.15) is 0 Å². The first-order valence-corrected chi connectivity index (χ1v) is 6.82. The van der Waals surface area contributed by atoms with Gasteiger partial charge in [-0.1, -0.05) is 0 Å². The maximum Gasteiger partial charge on any atom is 0.241 e. The molecule has 6 nitrogen and oxygen atoms in total. The molecule has 1 aromatic carbocycles. The summed E-state index contributed by atoms with van der Waals surface area (Å²) >= 11 is 0. The normalized spacial score (nSPS) is 13.3. The number of amides is 1. The molecule has 7 heteroatoms. The number of nitrogen functional groups attached to an aromatic ring is 1. The third-order valence-electron chi connectivity index (χ3n) is 2.59. The maximum atomic E-state index is 12.1. The van der Waals surface area contributed by atoms with Gasteiger partial charge in [0.05, 0.1) is 10.9 Å². The van der Waals surface area contributed by atoms with Gasteiger partial charge in [0.25, 0.3) is 0 Å². The lowest BCUT2D eigenvalue weighted by atomic mass is 10.1. The molecule has 1 atom stereocenters. The molecule has 0 aliphatic rings. The molecule has 0 saturated heterocycles. The summed E-state index contributed by atoms with van der Waals surface area (Å²) in [5.74, 6) is -0.739. The second-order valence-corrected chi connectivity index (χ2v) is 5.91. The minimum Gasteiger partial charge on any atom is -0.398 e. The monoisotopic (exact) mass is 271 g/mol. The lowest BCUT2D eigenvalue weighted by molar-refractivity contribution is -0.119. The zero-order chi connectivity index (χ0) is 14.1. The number of hydrogen-bond acceptors (Lipinski definition) is 4. The summed E-state index contributed by atoms with van der Waals surface area (Å²) in [6.07, 6.45) is 0. The lowest BCUT2D eigenvalue weighted by Crippen LogP contribution is -2.42. The van der Waals surface area contributed by atoms with Gasteiger partial charge < -0.3 is 11.5 Å². The highest BCUT2D eigenvalue weighted by atomic mass is 32.2. The summed E-state index contributed by atoms with van der Waals surface area (Å²) in [4.78, 5) is 11.0. The molecule has 1 unspecified atom stereocenters. The first-order valence-electron chi connectivity index (χ1n) is 5.33. The van der Waals surface area contributed by atoms with Crippen molar-refractivity contribution in [3.63, 3.8) is 0 Å². The molecule has 0 radical (unpaired) electrons. The van der Waals surface area contributed by atoms with Crippen molar-refractivity contribution in [2.45, 2.75) is 31.7 Å². The SMILES string of the molecule is Cc1cc(N)c(C)c(S(=O)(=O)NC(C)C(N)=O)c1. The van der Waals surface area contributed by atoms with Gasteiger partial charge in [-0.3, -0.25) is 4.79 Å². The van der Waals surface area contributed by atoms with E-state index in [1.807, 2.05) is 0 Å². The van der Waals surface area contributed by atoms with Crippen molar-refractivity contribution in [1.29, 1.82) is 0 Å². The van der Waals surface area contributed by atoms with Crippen LogP contribution in [0.1, 0.15) is 18.1 Å². The predicted molar refractivity (Wildman–Crippen MR) is 69.3 cm³/mol. The Bertz CT molecular complexity index is 581. The average molecular weight is 271 g/mol. The standard InChI is InChI=1S/C11H17N3O3S/c1-6-4-9(12)7(2)10(5-6)18(16,17)14-8(3)11(13)15/h4-5,8,14H,12H2,1-3H3,(H2,13,15). The summed E-state index contributed by atoms with van der Waals surface area (Å²) in [7, 11) is -3.81. The summed E-state index contributed by atoms with van der Waals surface area (Å²) in [6, 6.07) is 2.21. The Balaban J connectivity index is 3.25. The van der Waals surface area contributed by atoms with Gasteiger partial charge >= 0.3 is 0 Å². The van der Waals surface area contributed by atoms with E-state index in [9.17, 15) is 13.2 Å². The Morgan fingerprint density at radius 1 is 1.33 bits per heavy atom. The largest absolute Gasteiger partial charge is 0.398 e. The highest BCUT2D eigenvalue weighted by molar-refractivity contribution is 7.89. The first kappa shape index (κ1) is 14.5. The number of nitrogens with one attached hydrogen (secondary N) is 1. The zero-order valence-electron chi connectivity index (χ0n) is 10.5. The second kappa shape index (κ2) is 4.95. The Kier molecular flexibility index (Phi) is 3.98. The third-order valence-corrected chi connectivity index (χ3v) is 4.26. The Morgan fingerprint density at radius 2 is 1.89 bits per heavy atom. The van der Waals surface area contributed by atoms with Crippen LogP contribution in [0.3, 0.4) is 0 Å². The van der Waals surface area contributed by atoms with E-state index in [0.717, 1.165) is 5.56 Å². The Labute approximate surface area is 106 Å². The van der Waals surface area contributed by atoms with Gasteiger partial charge in [0.15, 0.2) is 0 Å². The number of nitrogens with two attached hydrogens (primary N) is 2. The highest BCUT2D eigenvalue weighted by Gasteiger charge is 2.23. The van der Waals surface area contributed by atoms with E-state index in [2.05, 4.69) is 4.72 Å².